The highest BCUT2D eigenvalue weighted by atomic mass is 35.5. The van der Waals surface area contributed by atoms with Gasteiger partial charge in [-0.2, -0.15) is 0 Å². The number of aryl methyl sites for hydroxylation is 1. The SMILES string of the molecule is Cc1nc2cc(F)c(-c3cnc(P(C)C)c(F)c3)cc2c(Cl)c1Cl. The summed E-state index contributed by atoms with van der Waals surface area (Å²) in [5.41, 5.74) is 1.89. The Kier molecular flexibility index (Phi) is 4.74. The fourth-order valence-corrected chi connectivity index (χ4v) is 3.68. The number of aromatic nitrogens is 2. The Bertz CT molecular complexity index is 961. The Balaban J connectivity index is 2.23. The minimum atomic E-state index is -0.675. The Morgan fingerprint density at radius 3 is 2.33 bits per heavy atom. The molecule has 0 amide bonds. The normalized spacial score (nSPS) is 11.5. The molecule has 0 aliphatic carbocycles. The minimum absolute atomic E-state index is 0.209. The zero-order chi connectivity index (χ0) is 17.6. The zero-order valence-corrected chi connectivity index (χ0v) is 15.6. The molecule has 0 atom stereocenters. The molecule has 7 heteroatoms. The summed E-state index contributed by atoms with van der Waals surface area (Å²) in [5.74, 6) is -0.953. The average molecular weight is 385 g/mol. The molecule has 3 aromatic rings. The number of benzene rings is 1. The van der Waals surface area contributed by atoms with Gasteiger partial charge in [-0.15, -0.1) is 0 Å². The van der Waals surface area contributed by atoms with E-state index in [1.165, 1.54) is 24.4 Å². The van der Waals surface area contributed by atoms with E-state index in [0.29, 0.717) is 37.6 Å². The summed E-state index contributed by atoms with van der Waals surface area (Å²) >= 11 is 12.4. The van der Waals surface area contributed by atoms with Crippen LogP contribution in [0.1, 0.15) is 5.69 Å². The second-order valence-electron chi connectivity index (χ2n) is 5.60. The fraction of sp³-hybridized carbons (Fsp3) is 0.176. The van der Waals surface area contributed by atoms with Crippen LogP contribution in [0.5, 0.6) is 0 Å². The van der Waals surface area contributed by atoms with Crippen LogP contribution in [0.2, 0.25) is 10.0 Å². The highest BCUT2D eigenvalue weighted by Crippen LogP contribution is 2.36. The number of halogens is 4. The lowest BCUT2D eigenvalue weighted by Gasteiger charge is -2.11. The van der Waals surface area contributed by atoms with Gasteiger partial charge >= 0.3 is 0 Å². The zero-order valence-electron chi connectivity index (χ0n) is 13.2. The molecule has 0 unspecified atom stereocenters. The first-order valence-electron chi connectivity index (χ1n) is 7.07. The molecule has 3 rings (SSSR count). The maximum Gasteiger partial charge on any atom is 0.149 e. The van der Waals surface area contributed by atoms with E-state index in [-0.39, 0.29) is 5.56 Å². The number of hydrogen-bond acceptors (Lipinski definition) is 2. The van der Waals surface area contributed by atoms with Gasteiger partial charge in [0, 0.05) is 28.8 Å². The van der Waals surface area contributed by atoms with E-state index in [1.54, 1.807) is 6.92 Å². The smallest absolute Gasteiger partial charge is 0.149 e. The topological polar surface area (TPSA) is 25.8 Å². The first-order valence-corrected chi connectivity index (χ1v) is 10.1. The van der Waals surface area contributed by atoms with Gasteiger partial charge in [0.15, 0.2) is 0 Å². The maximum absolute atomic E-state index is 14.5. The predicted octanol–water partition coefficient (Wildman–Crippen LogP) is 5.56. The largest absolute Gasteiger partial charge is 0.253 e. The van der Waals surface area contributed by atoms with Gasteiger partial charge in [0.1, 0.15) is 11.6 Å². The summed E-state index contributed by atoms with van der Waals surface area (Å²) in [4.78, 5) is 8.38. The Hall–Kier alpha value is -1.35. The van der Waals surface area contributed by atoms with Gasteiger partial charge in [0.2, 0.25) is 0 Å². The molecular formula is C17H13Cl2F2N2P. The molecule has 0 saturated heterocycles. The second kappa shape index (κ2) is 6.51. The fourth-order valence-electron chi connectivity index (χ4n) is 2.47. The summed E-state index contributed by atoms with van der Waals surface area (Å²) in [6.07, 6.45) is 1.47. The molecule has 0 aliphatic heterocycles. The van der Waals surface area contributed by atoms with Crippen LogP contribution in [0.15, 0.2) is 24.4 Å². The highest BCUT2D eigenvalue weighted by molar-refractivity contribution is 7.63. The third-order valence-corrected chi connectivity index (χ3v) is 5.80. The Labute approximate surface area is 149 Å². The Morgan fingerprint density at radius 1 is 1.00 bits per heavy atom. The van der Waals surface area contributed by atoms with E-state index in [4.69, 9.17) is 23.2 Å². The summed E-state index contributed by atoms with van der Waals surface area (Å²) in [5, 5.41) is 1.14. The van der Waals surface area contributed by atoms with Crippen molar-refractivity contribution in [2.24, 2.45) is 0 Å². The number of fused-ring (bicyclic) bond motifs is 1. The molecule has 0 fully saturated rings. The highest BCUT2D eigenvalue weighted by Gasteiger charge is 2.16. The van der Waals surface area contributed by atoms with Crippen molar-refractivity contribution in [1.29, 1.82) is 0 Å². The van der Waals surface area contributed by atoms with Crippen molar-refractivity contribution >= 4 is 47.5 Å². The number of rotatable bonds is 2. The molecule has 124 valence electrons. The van der Waals surface area contributed by atoms with Crippen molar-refractivity contribution < 1.29 is 8.78 Å². The molecule has 24 heavy (non-hydrogen) atoms. The minimum Gasteiger partial charge on any atom is -0.253 e. The lowest BCUT2D eigenvalue weighted by Crippen LogP contribution is -2.10. The molecule has 0 N–H and O–H groups in total. The van der Waals surface area contributed by atoms with Gasteiger partial charge in [0.05, 0.1) is 26.7 Å². The second-order valence-corrected chi connectivity index (χ2v) is 8.57. The summed E-state index contributed by atoms with van der Waals surface area (Å²) in [6, 6.07) is 4.10. The van der Waals surface area contributed by atoms with Crippen molar-refractivity contribution in [2.75, 3.05) is 13.3 Å². The van der Waals surface area contributed by atoms with Gasteiger partial charge < -0.3 is 0 Å². The van der Waals surface area contributed by atoms with E-state index in [0.717, 1.165) is 0 Å². The molecule has 0 bridgehead atoms. The molecule has 2 nitrogen and oxygen atoms in total. The van der Waals surface area contributed by atoms with E-state index < -0.39 is 19.6 Å². The van der Waals surface area contributed by atoms with Crippen molar-refractivity contribution in [3.63, 3.8) is 0 Å². The van der Waals surface area contributed by atoms with Crippen LogP contribution in [-0.4, -0.2) is 23.3 Å². The van der Waals surface area contributed by atoms with Crippen molar-refractivity contribution in [3.8, 4) is 11.1 Å². The molecular weight excluding hydrogens is 372 g/mol. The van der Waals surface area contributed by atoms with E-state index >= 15 is 0 Å². The molecule has 0 spiro atoms. The molecule has 0 aliphatic rings. The molecule has 2 aromatic heterocycles. The monoisotopic (exact) mass is 384 g/mol. The van der Waals surface area contributed by atoms with E-state index in [9.17, 15) is 8.78 Å². The van der Waals surface area contributed by atoms with Crippen molar-refractivity contribution in [3.05, 3.63) is 51.8 Å². The molecule has 1 aromatic carbocycles. The van der Waals surface area contributed by atoms with Crippen LogP contribution in [0.3, 0.4) is 0 Å². The summed E-state index contributed by atoms with van der Waals surface area (Å²) < 4.78 is 28.7. The van der Waals surface area contributed by atoms with Crippen LogP contribution < -0.4 is 5.44 Å². The molecule has 0 saturated carbocycles. The Morgan fingerprint density at radius 2 is 1.71 bits per heavy atom. The van der Waals surface area contributed by atoms with Crippen LogP contribution in [0.25, 0.3) is 22.0 Å². The van der Waals surface area contributed by atoms with Crippen molar-refractivity contribution in [1.82, 2.24) is 9.97 Å². The van der Waals surface area contributed by atoms with E-state index in [1.807, 2.05) is 13.3 Å². The number of nitrogens with zero attached hydrogens (tertiary/aromatic N) is 2. The number of pyridine rings is 2. The van der Waals surface area contributed by atoms with Gasteiger partial charge in [-0.3, -0.25) is 9.97 Å². The van der Waals surface area contributed by atoms with Crippen LogP contribution in [-0.2, 0) is 0 Å². The lowest BCUT2D eigenvalue weighted by atomic mass is 10.0. The first kappa shape index (κ1) is 17.5. The van der Waals surface area contributed by atoms with Crippen LogP contribution >= 0.6 is 31.1 Å². The molecule has 0 radical (unpaired) electrons. The maximum atomic E-state index is 14.5. The standard InChI is InChI=1S/C17H13Cl2F2N2P/c1-8-15(18)16(19)11-5-10(12(20)6-14(11)23-8)9-4-13(21)17(22-7-9)24(2)3/h4-7H,1-3H3. The van der Waals surface area contributed by atoms with Gasteiger partial charge in [0.25, 0.3) is 0 Å². The van der Waals surface area contributed by atoms with Crippen LogP contribution in [0.4, 0.5) is 8.78 Å². The predicted molar refractivity (Wildman–Crippen MR) is 98.0 cm³/mol. The summed E-state index contributed by atoms with van der Waals surface area (Å²) in [7, 11) is -0.675. The third kappa shape index (κ3) is 2.99. The van der Waals surface area contributed by atoms with E-state index in [2.05, 4.69) is 9.97 Å². The quantitative estimate of drug-likeness (QED) is 0.540. The average Bonchev–Trinajstić information content (AvgIpc) is 2.52. The van der Waals surface area contributed by atoms with Crippen molar-refractivity contribution in [2.45, 2.75) is 6.92 Å². The van der Waals surface area contributed by atoms with Crippen LogP contribution in [0, 0.1) is 18.6 Å². The van der Waals surface area contributed by atoms with Gasteiger partial charge in [-0.1, -0.05) is 31.1 Å². The lowest BCUT2D eigenvalue weighted by molar-refractivity contribution is 0.627. The molecule has 2 heterocycles. The first-order chi connectivity index (χ1) is 11.3. The number of hydrogen-bond donors (Lipinski definition) is 0. The van der Waals surface area contributed by atoms with Gasteiger partial charge in [-0.25, -0.2) is 8.78 Å². The van der Waals surface area contributed by atoms with Gasteiger partial charge in [-0.05, 0) is 32.4 Å². The third-order valence-electron chi connectivity index (χ3n) is 3.68. The summed E-state index contributed by atoms with van der Waals surface area (Å²) in [6.45, 7) is 5.52.